The van der Waals surface area contributed by atoms with Crippen molar-refractivity contribution in [3.8, 4) is 0 Å². The monoisotopic (exact) mass is 268 g/mol. The fourth-order valence-electron chi connectivity index (χ4n) is 3.43. The third kappa shape index (κ3) is 3.93. The molecule has 0 aromatic heterocycles. The van der Waals surface area contributed by atoms with Crippen molar-refractivity contribution in [3.63, 3.8) is 0 Å². The molecule has 1 aliphatic heterocycles. The third-order valence-electron chi connectivity index (χ3n) is 4.96. The smallest absolute Gasteiger partial charge is 0.0468 e. The zero-order valence-corrected chi connectivity index (χ0v) is 13.5. The molecule has 0 radical (unpaired) electrons. The van der Waals surface area contributed by atoms with E-state index in [2.05, 4.69) is 37.9 Å². The summed E-state index contributed by atoms with van der Waals surface area (Å²) in [6, 6.07) is 0.688. The van der Waals surface area contributed by atoms with Gasteiger partial charge < -0.3 is 10.1 Å². The van der Waals surface area contributed by atoms with Gasteiger partial charge in [-0.3, -0.25) is 4.90 Å². The average Bonchev–Trinajstić information content (AvgIpc) is 3.05. The number of piperazine rings is 1. The van der Waals surface area contributed by atoms with Crippen molar-refractivity contribution in [1.82, 2.24) is 10.2 Å². The molecular weight excluding hydrogens is 236 g/mol. The van der Waals surface area contributed by atoms with Crippen molar-refractivity contribution >= 4 is 0 Å². The van der Waals surface area contributed by atoms with Gasteiger partial charge in [0.15, 0.2) is 0 Å². The predicted octanol–water partition coefficient (Wildman–Crippen LogP) is 2.51. The molecule has 3 nitrogen and oxygen atoms in total. The molecule has 1 aliphatic carbocycles. The Labute approximate surface area is 119 Å². The molecule has 0 amide bonds. The van der Waals surface area contributed by atoms with E-state index in [1.165, 1.54) is 32.4 Å². The van der Waals surface area contributed by atoms with E-state index < -0.39 is 0 Å². The predicted molar refractivity (Wildman–Crippen MR) is 80.4 cm³/mol. The van der Waals surface area contributed by atoms with Gasteiger partial charge in [-0.1, -0.05) is 13.8 Å². The third-order valence-corrected chi connectivity index (χ3v) is 4.96. The number of nitrogens with zero attached hydrogens (tertiary/aromatic N) is 1. The lowest BCUT2D eigenvalue weighted by molar-refractivity contribution is 0.0442. The first-order chi connectivity index (χ1) is 8.87. The van der Waals surface area contributed by atoms with Crippen LogP contribution in [0.15, 0.2) is 0 Å². The molecule has 0 spiro atoms. The molecular formula is C16H32N2O. The second-order valence-electron chi connectivity index (χ2n) is 7.72. The van der Waals surface area contributed by atoms with Gasteiger partial charge in [-0.05, 0) is 44.4 Å². The zero-order valence-electron chi connectivity index (χ0n) is 13.5. The Morgan fingerprint density at radius 2 is 2.00 bits per heavy atom. The Kier molecular flexibility index (Phi) is 4.59. The standard InChI is InChI=1S/C16H32N2O/c1-13(2)14-10-17-15(3,4)11-18(14)12-16(6-7-16)8-9-19-5/h13-14,17H,6-12H2,1-5H3. The van der Waals surface area contributed by atoms with Gasteiger partial charge in [-0.25, -0.2) is 0 Å². The summed E-state index contributed by atoms with van der Waals surface area (Å²) in [6.07, 6.45) is 4.02. The molecule has 19 heavy (non-hydrogen) atoms. The van der Waals surface area contributed by atoms with Gasteiger partial charge in [0.1, 0.15) is 0 Å². The van der Waals surface area contributed by atoms with Gasteiger partial charge in [0, 0.05) is 44.9 Å². The second-order valence-corrected chi connectivity index (χ2v) is 7.72. The van der Waals surface area contributed by atoms with Gasteiger partial charge in [-0.2, -0.15) is 0 Å². The molecule has 1 atom stereocenters. The highest BCUT2D eigenvalue weighted by Crippen LogP contribution is 2.50. The number of rotatable bonds is 6. The summed E-state index contributed by atoms with van der Waals surface area (Å²) in [5.74, 6) is 0.724. The molecule has 2 aliphatic rings. The van der Waals surface area contributed by atoms with Crippen LogP contribution in [0.1, 0.15) is 47.0 Å². The lowest BCUT2D eigenvalue weighted by Gasteiger charge is -2.47. The summed E-state index contributed by atoms with van der Waals surface area (Å²) in [5, 5.41) is 3.70. The van der Waals surface area contributed by atoms with Crippen LogP contribution in [0.25, 0.3) is 0 Å². The SMILES string of the molecule is COCCC1(CN2CC(C)(C)NCC2C(C)C)CC1. The summed E-state index contributed by atoms with van der Waals surface area (Å²) in [7, 11) is 1.82. The van der Waals surface area contributed by atoms with Crippen LogP contribution < -0.4 is 5.32 Å². The van der Waals surface area contributed by atoms with Crippen LogP contribution in [0, 0.1) is 11.3 Å². The number of hydrogen-bond donors (Lipinski definition) is 1. The van der Waals surface area contributed by atoms with Gasteiger partial charge >= 0.3 is 0 Å². The summed E-state index contributed by atoms with van der Waals surface area (Å²) in [6.45, 7) is 13.8. The summed E-state index contributed by atoms with van der Waals surface area (Å²) >= 11 is 0. The topological polar surface area (TPSA) is 24.5 Å². The van der Waals surface area contributed by atoms with E-state index in [0.717, 1.165) is 19.1 Å². The molecule has 2 fully saturated rings. The van der Waals surface area contributed by atoms with Crippen molar-refractivity contribution in [3.05, 3.63) is 0 Å². The van der Waals surface area contributed by atoms with Gasteiger partial charge in [-0.15, -0.1) is 0 Å². The van der Waals surface area contributed by atoms with Crippen LogP contribution >= 0.6 is 0 Å². The molecule has 2 rings (SSSR count). The van der Waals surface area contributed by atoms with E-state index in [4.69, 9.17) is 4.74 Å². The van der Waals surface area contributed by atoms with E-state index in [9.17, 15) is 0 Å². The Balaban J connectivity index is 1.98. The first-order valence-electron chi connectivity index (χ1n) is 7.86. The van der Waals surface area contributed by atoms with E-state index in [0.29, 0.717) is 11.5 Å². The van der Waals surface area contributed by atoms with E-state index in [1.807, 2.05) is 7.11 Å². The fraction of sp³-hybridized carbons (Fsp3) is 1.00. The molecule has 112 valence electrons. The Hall–Kier alpha value is -0.120. The summed E-state index contributed by atoms with van der Waals surface area (Å²) in [4.78, 5) is 2.75. The van der Waals surface area contributed by atoms with Gasteiger partial charge in [0.25, 0.3) is 0 Å². The van der Waals surface area contributed by atoms with Crippen LogP contribution in [0.5, 0.6) is 0 Å². The number of ether oxygens (including phenoxy) is 1. The van der Waals surface area contributed by atoms with Gasteiger partial charge in [0.05, 0.1) is 0 Å². The van der Waals surface area contributed by atoms with E-state index >= 15 is 0 Å². The molecule has 1 heterocycles. The molecule has 0 aromatic carbocycles. The summed E-state index contributed by atoms with van der Waals surface area (Å²) in [5.41, 5.74) is 0.819. The minimum atomic E-state index is 0.253. The maximum atomic E-state index is 5.29. The Morgan fingerprint density at radius 3 is 2.53 bits per heavy atom. The number of nitrogens with one attached hydrogen (secondary N) is 1. The second kappa shape index (κ2) is 5.71. The average molecular weight is 268 g/mol. The van der Waals surface area contributed by atoms with Crippen molar-refractivity contribution < 1.29 is 4.74 Å². The highest BCUT2D eigenvalue weighted by atomic mass is 16.5. The first-order valence-corrected chi connectivity index (χ1v) is 7.86. The quantitative estimate of drug-likeness (QED) is 0.801. The lowest BCUT2D eigenvalue weighted by atomic mass is 9.90. The Bertz CT molecular complexity index is 297. The zero-order chi connectivity index (χ0) is 14.1. The Morgan fingerprint density at radius 1 is 1.32 bits per heavy atom. The van der Waals surface area contributed by atoms with E-state index in [1.54, 1.807) is 0 Å². The molecule has 0 bridgehead atoms. The van der Waals surface area contributed by atoms with Crippen LogP contribution in [0.2, 0.25) is 0 Å². The van der Waals surface area contributed by atoms with Crippen molar-refractivity contribution in [2.24, 2.45) is 11.3 Å². The van der Waals surface area contributed by atoms with Crippen LogP contribution in [0.3, 0.4) is 0 Å². The van der Waals surface area contributed by atoms with Crippen molar-refractivity contribution in [2.45, 2.75) is 58.5 Å². The van der Waals surface area contributed by atoms with E-state index in [-0.39, 0.29) is 5.54 Å². The maximum absolute atomic E-state index is 5.29. The van der Waals surface area contributed by atoms with Crippen molar-refractivity contribution in [2.75, 3.05) is 33.4 Å². The highest BCUT2D eigenvalue weighted by molar-refractivity contribution is 5.00. The first kappa shape index (κ1) is 15.3. The van der Waals surface area contributed by atoms with Crippen LogP contribution in [-0.2, 0) is 4.74 Å². The minimum Gasteiger partial charge on any atom is -0.385 e. The normalized spacial score (nSPS) is 29.7. The van der Waals surface area contributed by atoms with Crippen molar-refractivity contribution in [1.29, 1.82) is 0 Å². The largest absolute Gasteiger partial charge is 0.385 e. The highest BCUT2D eigenvalue weighted by Gasteiger charge is 2.46. The molecule has 1 unspecified atom stereocenters. The molecule has 0 aromatic rings. The molecule has 1 saturated carbocycles. The molecule has 3 heteroatoms. The molecule has 1 saturated heterocycles. The van der Waals surface area contributed by atoms with Gasteiger partial charge in [0.2, 0.25) is 0 Å². The lowest BCUT2D eigenvalue weighted by Crippen LogP contribution is -2.63. The number of methoxy groups -OCH3 is 1. The van der Waals surface area contributed by atoms with Crippen LogP contribution in [-0.4, -0.2) is 49.8 Å². The fourth-order valence-corrected chi connectivity index (χ4v) is 3.43. The summed E-state index contributed by atoms with van der Waals surface area (Å²) < 4.78 is 5.29. The minimum absolute atomic E-state index is 0.253. The molecule has 1 N–H and O–H groups in total. The maximum Gasteiger partial charge on any atom is 0.0468 e. The number of hydrogen-bond acceptors (Lipinski definition) is 3. The van der Waals surface area contributed by atoms with Crippen LogP contribution in [0.4, 0.5) is 0 Å².